The summed E-state index contributed by atoms with van der Waals surface area (Å²) in [7, 11) is 0. The normalized spacial score (nSPS) is 11.4. The van der Waals surface area contributed by atoms with Crippen LogP contribution in [0.25, 0.3) is 22.8 Å². The molecule has 0 unspecified atom stereocenters. The van der Waals surface area contributed by atoms with Crippen LogP contribution in [0.15, 0.2) is 54.7 Å². The van der Waals surface area contributed by atoms with Gasteiger partial charge >= 0.3 is 6.18 Å². The van der Waals surface area contributed by atoms with Crippen molar-refractivity contribution >= 4 is 5.82 Å². The smallest absolute Gasteiger partial charge is 0.384 e. The van der Waals surface area contributed by atoms with Crippen LogP contribution in [0, 0.1) is 0 Å². The van der Waals surface area contributed by atoms with Gasteiger partial charge in [-0.15, -0.1) is 0 Å². The molecule has 0 aliphatic heterocycles. The number of anilines is 1. The quantitative estimate of drug-likeness (QED) is 0.781. The molecule has 0 saturated carbocycles. The molecule has 3 rings (SSSR count). The van der Waals surface area contributed by atoms with Gasteiger partial charge < -0.3 is 5.73 Å². The monoisotopic (exact) mass is 316 g/mol. The molecule has 23 heavy (non-hydrogen) atoms. The number of benzene rings is 1. The second-order valence-electron chi connectivity index (χ2n) is 4.76. The third-order valence-corrected chi connectivity index (χ3v) is 3.15. The Balaban J connectivity index is 2.18. The zero-order valence-corrected chi connectivity index (χ0v) is 11.7. The minimum absolute atomic E-state index is 0.0765. The molecule has 0 spiro atoms. The minimum atomic E-state index is -4.50. The maximum atomic E-state index is 13.2. The molecular weight excluding hydrogens is 305 g/mol. The average Bonchev–Trinajstić information content (AvgIpc) is 2.54. The van der Waals surface area contributed by atoms with Gasteiger partial charge in [0, 0.05) is 17.8 Å². The number of halogens is 3. The second-order valence-corrected chi connectivity index (χ2v) is 4.76. The molecular formula is C16H11F3N4. The van der Waals surface area contributed by atoms with Gasteiger partial charge in [0.15, 0.2) is 5.82 Å². The van der Waals surface area contributed by atoms with E-state index in [4.69, 9.17) is 5.73 Å². The van der Waals surface area contributed by atoms with E-state index in [1.54, 1.807) is 24.4 Å². The zero-order chi connectivity index (χ0) is 16.4. The van der Waals surface area contributed by atoms with Crippen molar-refractivity contribution in [2.75, 3.05) is 5.73 Å². The number of hydrogen-bond acceptors (Lipinski definition) is 4. The first-order valence-electron chi connectivity index (χ1n) is 6.68. The molecule has 2 aromatic heterocycles. The van der Waals surface area contributed by atoms with Crippen LogP contribution < -0.4 is 5.73 Å². The van der Waals surface area contributed by atoms with Crippen LogP contribution in [0.5, 0.6) is 0 Å². The lowest BCUT2D eigenvalue weighted by Gasteiger charge is -2.12. The standard InChI is InChI=1S/C16H11F3N4/c17-16(18,19)11-6-2-1-5-10(11)15-22-13(9-14(20)23-15)12-7-3-4-8-21-12/h1-9H,(H2,20,22,23). The van der Waals surface area contributed by atoms with Crippen LogP contribution in [0.2, 0.25) is 0 Å². The first-order valence-corrected chi connectivity index (χ1v) is 6.68. The van der Waals surface area contributed by atoms with E-state index in [1.165, 1.54) is 24.3 Å². The molecule has 1 aromatic carbocycles. The van der Waals surface area contributed by atoms with Crippen LogP contribution in [0.4, 0.5) is 19.0 Å². The van der Waals surface area contributed by atoms with Gasteiger partial charge in [-0.25, -0.2) is 9.97 Å². The SMILES string of the molecule is Nc1cc(-c2ccccn2)nc(-c2ccccc2C(F)(F)F)n1. The number of pyridine rings is 1. The Hall–Kier alpha value is -2.96. The minimum Gasteiger partial charge on any atom is -0.384 e. The molecule has 3 aromatic rings. The van der Waals surface area contributed by atoms with Gasteiger partial charge in [-0.2, -0.15) is 13.2 Å². The van der Waals surface area contributed by atoms with E-state index in [2.05, 4.69) is 15.0 Å². The van der Waals surface area contributed by atoms with Gasteiger partial charge in [-0.1, -0.05) is 24.3 Å². The first-order chi connectivity index (χ1) is 10.9. The number of alkyl halides is 3. The molecule has 0 aliphatic rings. The van der Waals surface area contributed by atoms with Gasteiger partial charge in [0.25, 0.3) is 0 Å². The van der Waals surface area contributed by atoms with E-state index >= 15 is 0 Å². The van der Waals surface area contributed by atoms with Crippen LogP contribution in [-0.4, -0.2) is 15.0 Å². The van der Waals surface area contributed by atoms with Crippen LogP contribution in [-0.2, 0) is 6.18 Å². The topological polar surface area (TPSA) is 64.7 Å². The fourth-order valence-corrected chi connectivity index (χ4v) is 2.16. The molecule has 0 atom stereocenters. The molecule has 116 valence electrons. The third-order valence-electron chi connectivity index (χ3n) is 3.15. The zero-order valence-electron chi connectivity index (χ0n) is 11.7. The highest BCUT2D eigenvalue weighted by Gasteiger charge is 2.34. The van der Waals surface area contributed by atoms with Crippen LogP contribution in [0.1, 0.15) is 5.56 Å². The Morgan fingerprint density at radius 1 is 0.870 bits per heavy atom. The summed E-state index contributed by atoms with van der Waals surface area (Å²) < 4.78 is 39.5. The van der Waals surface area contributed by atoms with Gasteiger partial charge in [0.1, 0.15) is 5.82 Å². The van der Waals surface area contributed by atoms with E-state index in [0.717, 1.165) is 6.07 Å². The lowest BCUT2D eigenvalue weighted by molar-refractivity contribution is -0.137. The van der Waals surface area contributed by atoms with Crippen molar-refractivity contribution < 1.29 is 13.2 Å². The lowest BCUT2D eigenvalue weighted by atomic mass is 10.1. The van der Waals surface area contributed by atoms with E-state index in [-0.39, 0.29) is 17.2 Å². The summed E-state index contributed by atoms with van der Waals surface area (Å²) in [5.74, 6) is -0.00814. The second kappa shape index (κ2) is 5.68. The van der Waals surface area contributed by atoms with Crippen molar-refractivity contribution in [3.63, 3.8) is 0 Å². The van der Waals surface area contributed by atoms with Crippen LogP contribution in [0.3, 0.4) is 0 Å². The van der Waals surface area contributed by atoms with E-state index in [1.807, 2.05) is 0 Å². The van der Waals surface area contributed by atoms with Gasteiger partial charge in [0.05, 0.1) is 17.0 Å². The fraction of sp³-hybridized carbons (Fsp3) is 0.0625. The summed E-state index contributed by atoms with van der Waals surface area (Å²) in [6.07, 6.45) is -2.94. The highest BCUT2D eigenvalue weighted by molar-refractivity contribution is 5.67. The largest absolute Gasteiger partial charge is 0.417 e. The Morgan fingerprint density at radius 2 is 1.61 bits per heavy atom. The first kappa shape index (κ1) is 15.0. The molecule has 4 nitrogen and oxygen atoms in total. The summed E-state index contributed by atoms with van der Waals surface area (Å²) in [5, 5.41) is 0. The number of nitrogen functional groups attached to an aromatic ring is 1. The summed E-state index contributed by atoms with van der Waals surface area (Å²) in [6, 6.07) is 11.8. The van der Waals surface area contributed by atoms with Crippen molar-refractivity contribution in [2.45, 2.75) is 6.18 Å². The van der Waals surface area contributed by atoms with Crippen molar-refractivity contribution in [1.82, 2.24) is 15.0 Å². The molecule has 0 amide bonds. The predicted octanol–water partition coefficient (Wildman–Crippen LogP) is 3.81. The summed E-state index contributed by atoms with van der Waals surface area (Å²) >= 11 is 0. The molecule has 0 fully saturated rings. The molecule has 2 heterocycles. The van der Waals surface area contributed by atoms with Crippen LogP contribution >= 0.6 is 0 Å². The van der Waals surface area contributed by atoms with E-state index in [9.17, 15) is 13.2 Å². The highest BCUT2D eigenvalue weighted by Crippen LogP contribution is 2.36. The Morgan fingerprint density at radius 3 is 2.30 bits per heavy atom. The highest BCUT2D eigenvalue weighted by atomic mass is 19.4. The molecule has 0 saturated heterocycles. The molecule has 0 aliphatic carbocycles. The maximum Gasteiger partial charge on any atom is 0.417 e. The van der Waals surface area contributed by atoms with Crippen molar-refractivity contribution in [3.8, 4) is 22.8 Å². The summed E-state index contributed by atoms with van der Waals surface area (Å²) in [6.45, 7) is 0. The lowest BCUT2D eigenvalue weighted by Crippen LogP contribution is -2.09. The Labute approximate surface area is 129 Å². The molecule has 2 N–H and O–H groups in total. The summed E-state index contributed by atoms with van der Waals surface area (Å²) in [4.78, 5) is 12.3. The number of nitrogens with zero attached hydrogens (tertiary/aromatic N) is 3. The Bertz CT molecular complexity index is 832. The third kappa shape index (κ3) is 3.13. The fourth-order valence-electron chi connectivity index (χ4n) is 2.16. The van der Waals surface area contributed by atoms with Gasteiger partial charge in [-0.05, 0) is 18.2 Å². The predicted molar refractivity (Wildman–Crippen MR) is 80.1 cm³/mol. The molecule has 0 radical (unpaired) electrons. The van der Waals surface area contributed by atoms with E-state index < -0.39 is 11.7 Å². The van der Waals surface area contributed by atoms with Crippen molar-refractivity contribution in [3.05, 3.63) is 60.3 Å². The van der Waals surface area contributed by atoms with Gasteiger partial charge in [-0.3, -0.25) is 4.98 Å². The maximum absolute atomic E-state index is 13.2. The number of rotatable bonds is 2. The average molecular weight is 316 g/mol. The van der Waals surface area contributed by atoms with Gasteiger partial charge in [0.2, 0.25) is 0 Å². The number of hydrogen-bond donors (Lipinski definition) is 1. The van der Waals surface area contributed by atoms with Crippen molar-refractivity contribution in [1.29, 1.82) is 0 Å². The number of nitrogens with two attached hydrogens (primary N) is 1. The van der Waals surface area contributed by atoms with Crippen molar-refractivity contribution in [2.24, 2.45) is 0 Å². The number of aromatic nitrogens is 3. The summed E-state index contributed by atoms with van der Waals surface area (Å²) in [5.41, 5.74) is 5.68. The molecule has 0 bridgehead atoms. The molecule has 7 heteroatoms. The van der Waals surface area contributed by atoms with E-state index in [0.29, 0.717) is 11.4 Å². The Kier molecular flexibility index (Phi) is 3.69.